The number of unbranched alkanes of at least 4 members (excludes halogenated alkanes) is 24. The molecule has 2 unspecified atom stereocenters. The summed E-state index contributed by atoms with van der Waals surface area (Å²) in [4.78, 5) is 25.2. The summed E-state index contributed by atoms with van der Waals surface area (Å²) in [5.41, 5.74) is 0. The summed E-state index contributed by atoms with van der Waals surface area (Å²) in [5, 5.41) is 3.52. The topological polar surface area (TPSA) is 83.1 Å². The summed E-state index contributed by atoms with van der Waals surface area (Å²) in [5.74, 6) is -0.553. The van der Waals surface area contributed by atoms with Crippen molar-refractivity contribution >= 4 is 11.9 Å². The van der Waals surface area contributed by atoms with Gasteiger partial charge in [0.15, 0.2) is 5.79 Å². The molecule has 1 aliphatic rings. The van der Waals surface area contributed by atoms with Gasteiger partial charge in [-0.1, -0.05) is 176 Å². The number of ether oxygens (including phenoxy) is 4. The molecule has 0 aromatic carbocycles. The zero-order chi connectivity index (χ0) is 41.5. The SMILES string of the molecule is CCCCCCCCCCCOC(=O)CCCCCC1(CCCCCCCC(=O)OC(CCCCCCCC)CCCCCCCC)OCC(CCNC(C)C)O1. The summed E-state index contributed by atoms with van der Waals surface area (Å²) < 4.78 is 24.7. The first-order chi connectivity index (χ1) is 27.8. The normalized spacial score (nSPS) is 16.9. The van der Waals surface area contributed by atoms with Gasteiger partial charge >= 0.3 is 11.9 Å². The first-order valence-electron chi connectivity index (χ1n) is 25.2. The maximum atomic E-state index is 12.9. The summed E-state index contributed by atoms with van der Waals surface area (Å²) in [6.07, 6.45) is 40.9. The van der Waals surface area contributed by atoms with Crippen LogP contribution in [0.4, 0.5) is 0 Å². The lowest BCUT2D eigenvalue weighted by Gasteiger charge is -2.28. The number of rotatable bonds is 43. The van der Waals surface area contributed by atoms with Gasteiger partial charge in [0.05, 0.1) is 19.3 Å². The summed E-state index contributed by atoms with van der Waals surface area (Å²) >= 11 is 0. The lowest BCUT2D eigenvalue weighted by molar-refractivity contribution is -0.179. The molecule has 0 saturated carbocycles. The van der Waals surface area contributed by atoms with Gasteiger partial charge in [-0.15, -0.1) is 0 Å². The largest absolute Gasteiger partial charge is 0.466 e. The number of carbonyl (C=O) groups excluding carboxylic acids is 2. The Kier molecular flexibility index (Phi) is 36.8. The molecule has 1 aliphatic heterocycles. The Bertz CT molecular complexity index is 882. The van der Waals surface area contributed by atoms with E-state index in [4.69, 9.17) is 18.9 Å². The maximum Gasteiger partial charge on any atom is 0.306 e. The quantitative estimate of drug-likeness (QED) is 0.0485. The van der Waals surface area contributed by atoms with E-state index in [1.165, 1.54) is 122 Å². The van der Waals surface area contributed by atoms with Crippen molar-refractivity contribution in [1.29, 1.82) is 0 Å². The first kappa shape index (κ1) is 53.8. The van der Waals surface area contributed by atoms with Crippen LogP contribution in [-0.4, -0.2) is 55.7 Å². The van der Waals surface area contributed by atoms with Crippen molar-refractivity contribution < 1.29 is 28.5 Å². The molecule has 57 heavy (non-hydrogen) atoms. The second kappa shape index (κ2) is 39.0. The molecule has 1 saturated heterocycles. The van der Waals surface area contributed by atoms with Crippen LogP contribution in [0.2, 0.25) is 0 Å². The lowest BCUT2D eigenvalue weighted by atomic mass is 9.99. The fourth-order valence-corrected chi connectivity index (χ4v) is 8.20. The Hall–Kier alpha value is -1.18. The molecule has 1 rings (SSSR count). The van der Waals surface area contributed by atoms with Crippen LogP contribution in [0.25, 0.3) is 0 Å². The Labute approximate surface area is 354 Å². The van der Waals surface area contributed by atoms with Gasteiger partial charge in [0.1, 0.15) is 6.10 Å². The van der Waals surface area contributed by atoms with Crippen LogP contribution in [0.5, 0.6) is 0 Å². The molecule has 338 valence electrons. The van der Waals surface area contributed by atoms with Gasteiger partial charge in [0.25, 0.3) is 0 Å². The highest BCUT2D eigenvalue weighted by Crippen LogP contribution is 2.35. The zero-order valence-electron chi connectivity index (χ0n) is 38.8. The fraction of sp³-hybridized carbons (Fsp3) is 0.960. The van der Waals surface area contributed by atoms with Crippen LogP contribution in [0.1, 0.15) is 266 Å². The summed E-state index contributed by atoms with van der Waals surface area (Å²) in [6.45, 7) is 13.3. The molecule has 1 heterocycles. The fourth-order valence-electron chi connectivity index (χ4n) is 8.20. The van der Waals surface area contributed by atoms with Crippen molar-refractivity contribution in [1.82, 2.24) is 5.32 Å². The third kappa shape index (κ3) is 33.3. The van der Waals surface area contributed by atoms with E-state index >= 15 is 0 Å². The van der Waals surface area contributed by atoms with E-state index < -0.39 is 5.79 Å². The molecule has 0 aromatic heterocycles. The van der Waals surface area contributed by atoms with E-state index in [-0.39, 0.29) is 24.1 Å². The molecule has 0 spiro atoms. The average Bonchev–Trinajstić information content (AvgIpc) is 3.59. The van der Waals surface area contributed by atoms with E-state index in [0.29, 0.717) is 32.1 Å². The second-order valence-electron chi connectivity index (χ2n) is 18.0. The Morgan fingerprint density at radius 1 is 0.579 bits per heavy atom. The summed E-state index contributed by atoms with van der Waals surface area (Å²) in [7, 11) is 0. The smallest absolute Gasteiger partial charge is 0.306 e. The number of carbonyl (C=O) groups is 2. The molecule has 0 aromatic rings. The minimum Gasteiger partial charge on any atom is -0.466 e. The molecular formula is C50H97NO6. The Balaban J connectivity index is 2.36. The molecule has 1 N–H and O–H groups in total. The van der Waals surface area contributed by atoms with E-state index in [1.807, 2.05) is 0 Å². The van der Waals surface area contributed by atoms with Crippen LogP contribution < -0.4 is 5.32 Å². The van der Waals surface area contributed by atoms with Crippen LogP contribution in [0.15, 0.2) is 0 Å². The monoisotopic (exact) mass is 808 g/mol. The minimum absolute atomic E-state index is 0.00809. The van der Waals surface area contributed by atoms with Gasteiger partial charge < -0.3 is 24.3 Å². The predicted molar refractivity (Wildman–Crippen MR) is 241 cm³/mol. The molecule has 7 heteroatoms. The second-order valence-corrected chi connectivity index (χ2v) is 18.0. The standard InChI is InChI=1S/C50H97NO6/c1-6-9-12-15-18-19-20-26-34-43-54-48(52)37-31-27-33-41-50(55-44-47(57-50)39-42-51-45(4)5)40-32-25-21-24-30-38-49(53)56-46(35-28-22-16-13-10-7-2)36-29-23-17-14-11-8-3/h45-47,51H,6-44H2,1-5H3. The van der Waals surface area contributed by atoms with Gasteiger partial charge in [-0.2, -0.15) is 0 Å². The Morgan fingerprint density at radius 2 is 1.02 bits per heavy atom. The van der Waals surface area contributed by atoms with Crippen molar-refractivity contribution in [3.8, 4) is 0 Å². The van der Waals surface area contributed by atoms with Gasteiger partial charge in [-0.25, -0.2) is 0 Å². The number of hydrogen-bond acceptors (Lipinski definition) is 7. The first-order valence-corrected chi connectivity index (χ1v) is 25.2. The predicted octanol–water partition coefficient (Wildman–Crippen LogP) is 14.7. The van der Waals surface area contributed by atoms with Gasteiger partial charge in [0, 0.05) is 31.7 Å². The average molecular weight is 808 g/mol. The zero-order valence-corrected chi connectivity index (χ0v) is 38.8. The third-order valence-corrected chi connectivity index (χ3v) is 11.9. The molecule has 0 amide bonds. The van der Waals surface area contributed by atoms with Crippen molar-refractivity contribution in [3.05, 3.63) is 0 Å². The van der Waals surface area contributed by atoms with Crippen molar-refractivity contribution in [2.45, 2.75) is 290 Å². The molecule has 1 fully saturated rings. The lowest BCUT2D eigenvalue weighted by Crippen LogP contribution is -2.32. The highest BCUT2D eigenvalue weighted by atomic mass is 16.7. The van der Waals surface area contributed by atoms with Crippen molar-refractivity contribution in [2.75, 3.05) is 19.8 Å². The van der Waals surface area contributed by atoms with E-state index in [0.717, 1.165) is 103 Å². The van der Waals surface area contributed by atoms with Gasteiger partial charge in [0.2, 0.25) is 0 Å². The Morgan fingerprint density at radius 3 is 1.54 bits per heavy atom. The number of esters is 2. The molecule has 0 aliphatic carbocycles. The molecule has 0 radical (unpaired) electrons. The van der Waals surface area contributed by atoms with Crippen molar-refractivity contribution in [2.24, 2.45) is 0 Å². The van der Waals surface area contributed by atoms with E-state index in [1.54, 1.807) is 0 Å². The minimum atomic E-state index is -0.510. The van der Waals surface area contributed by atoms with E-state index in [9.17, 15) is 9.59 Å². The van der Waals surface area contributed by atoms with Crippen molar-refractivity contribution in [3.63, 3.8) is 0 Å². The third-order valence-electron chi connectivity index (χ3n) is 11.9. The van der Waals surface area contributed by atoms with Gasteiger partial charge in [-0.3, -0.25) is 9.59 Å². The number of hydrogen-bond donors (Lipinski definition) is 1. The molecule has 7 nitrogen and oxygen atoms in total. The van der Waals surface area contributed by atoms with Crippen LogP contribution >= 0.6 is 0 Å². The highest BCUT2D eigenvalue weighted by molar-refractivity contribution is 5.69. The van der Waals surface area contributed by atoms with Gasteiger partial charge in [-0.05, 0) is 70.8 Å². The van der Waals surface area contributed by atoms with Crippen LogP contribution in [0.3, 0.4) is 0 Å². The molecular weight excluding hydrogens is 711 g/mol. The molecule has 0 bridgehead atoms. The van der Waals surface area contributed by atoms with Crippen LogP contribution in [-0.2, 0) is 28.5 Å². The summed E-state index contributed by atoms with van der Waals surface area (Å²) in [6, 6.07) is 0.465. The number of nitrogens with one attached hydrogen (secondary N) is 1. The van der Waals surface area contributed by atoms with E-state index in [2.05, 4.69) is 39.9 Å². The maximum absolute atomic E-state index is 12.9. The highest BCUT2D eigenvalue weighted by Gasteiger charge is 2.40. The van der Waals surface area contributed by atoms with Crippen LogP contribution in [0, 0.1) is 0 Å². The molecule has 2 atom stereocenters.